The van der Waals surface area contributed by atoms with Crippen LogP contribution in [0, 0.1) is 13.8 Å². The predicted molar refractivity (Wildman–Crippen MR) is 94.4 cm³/mol. The number of nitrogens with one attached hydrogen (secondary N) is 1. The Labute approximate surface area is 131 Å². The lowest BCUT2D eigenvalue weighted by Crippen LogP contribution is -2.23. The van der Waals surface area contributed by atoms with E-state index in [0.717, 1.165) is 12.2 Å². The molecule has 3 N–H and O–H groups in total. The first kappa shape index (κ1) is 17.6. The molecule has 0 aliphatic heterocycles. The second-order valence-electron chi connectivity index (χ2n) is 4.20. The Kier molecular flexibility index (Phi) is 8.43. The number of aliphatic imine (C=N–C) groups is 1. The van der Waals surface area contributed by atoms with Crippen molar-refractivity contribution in [3.8, 4) is 0 Å². The third kappa shape index (κ3) is 5.95. The highest BCUT2D eigenvalue weighted by atomic mass is 127. The number of hydrogen-bond donors (Lipinski definition) is 2. The molecule has 18 heavy (non-hydrogen) atoms. The summed E-state index contributed by atoms with van der Waals surface area (Å²) in [5.74, 6) is 0.481. The summed E-state index contributed by atoms with van der Waals surface area (Å²) in [7, 11) is 0. The Balaban J connectivity index is 0.00000289. The molecular formula is C13H22IN3S. The average Bonchev–Trinajstić information content (AvgIpc) is 2.31. The maximum Gasteiger partial charge on any atom is 0.193 e. The molecule has 1 atom stereocenters. The van der Waals surface area contributed by atoms with Crippen LogP contribution >= 0.6 is 35.7 Å². The van der Waals surface area contributed by atoms with Gasteiger partial charge in [-0.2, -0.15) is 11.8 Å². The minimum absolute atomic E-state index is 0. The molecule has 1 unspecified atom stereocenters. The van der Waals surface area contributed by atoms with E-state index in [1.165, 1.54) is 11.1 Å². The minimum atomic E-state index is 0. The van der Waals surface area contributed by atoms with E-state index in [1.54, 1.807) is 11.8 Å². The van der Waals surface area contributed by atoms with E-state index in [0.29, 0.717) is 11.2 Å². The number of halogens is 1. The maximum absolute atomic E-state index is 5.83. The summed E-state index contributed by atoms with van der Waals surface area (Å²) in [6.07, 6.45) is 2.08. The van der Waals surface area contributed by atoms with Gasteiger partial charge < -0.3 is 11.1 Å². The highest BCUT2D eigenvalue weighted by molar-refractivity contribution is 14.0. The molecule has 1 aromatic rings. The molecule has 0 aliphatic carbocycles. The zero-order valence-electron chi connectivity index (χ0n) is 11.4. The first-order chi connectivity index (χ1) is 8.02. The molecule has 0 spiro atoms. The molecule has 0 saturated heterocycles. The Bertz CT molecular complexity index is 407. The lowest BCUT2D eigenvalue weighted by Gasteiger charge is -2.09. The monoisotopic (exact) mass is 379 g/mol. The Morgan fingerprint density at radius 1 is 1.39 bits per heavy atom. The van der Waals surface area contributed by atoms with Crippen LogP contribution in [0.5, 0.6) is 0 Å². The van der Waals surface area contributed by atoms with Crippen LogP contribution in [0.15, 0.2) is 23.2 Å². The van der Waals surface area contributed by atoms with Crippen LogP contribution in [0.2, 0.25) is 0 Å². The second kappa shape index (κ2) is 8.63. The summed E-state index contributed by atoms with van der Waals surface area (Å²) >= 11 is 1.79. The van der Waals surface area contributed by atoms with Crippen LogP contribution in [0.3, 0.4) is 0 Å². The van der Waals surface area contributed by atoms with Crippen molar-refractivity contribution in [2.24, 2.45) is 10.7 Å². The standard InChI is InChI=1S/C13H21N3S.HI/c1-9-5-6-12(7-10(9)2)16-13(14)15-8-11(3)17-4;/h5-7,11H,8H2,1-4H3,(H3,14,15,16);1H. The summed E-state index contributed by atoms with van der Waals surface area (Å²) < 4.78 is 0. The molecule has 5 heteroatoms. The minimum Gasteiger partial charge on any atom is -0.370 e. The fraction of sp³-hybridized carbons (Fsp3) is 0.462. The number of nitrogens with two attached hydrogens (primary N) is 1. The van der Waals surface area contributed by atoms with Gasteiger partial charge in [-0.3, -0.25) is 4.99 Å². The SMILES string of the molecule is CSC(C)CN=C(N)Nc1ccc(C)c(C)c1.I. The zero-order valence-corrected chi connectivity index (χ0v) is 14.5. The predicted octanol–water partition coefficient (Wildman–Crippen LogP) is 3.40. The number of benzene rings is 1. The number of thioether (sulfide) groups is 1. The van der Waals surface area contributed by atoms with Gasteiger partial charge in [0.15, 0.2) is 5.96 Å². The lowest BCUT2D eigenvalue weighted by molar-refractivity contribution is 0.951. The van der Waals surface area contributed by atoms with Gasteiger partial charge in [0, 0.05) is 10.9 Å². The van der Waals surface area contributed by atoms with E-state index in [-0.39, 0.29) is 24.0 Å². The first-order valence-electron chi connectivity index (χ1n) is 5.70. The van der Waals surface area contributed by atoms with Gasteiger partial charge in [-0.1, -0.05) is 13.0 Å². The fourth-order valence-electron chi connectivity index (χ4n) is 1.31. The van der Waals surface area contributed by atoms with Gasteiger partial charge in [0.25, 0.3) is 0 Å². The van der Waals surface area contributed by atoms with E-state index in [2.05, 4.69) is 49.5 Å². The highest BCUT2D eigenvalue weighted by Gasteiger charge is 2.00. The van der Waals surface area contributed by atoms with E-state index in [4.69, 9.17) is 5.73 Å². The van der Waals surface area contributed by atoms with Crippen LogP contribution in [-0.4, -0.2) is 24.0 Å². The molecule has 0 fully saturated rings. The molecule has 1 aromatic carbocycles. The van der Waals surface area contributed by atoms with E-state index in [1.807, 2.05) is 6.07 Å². The molecule has 0 amide bonds. The maximum atomic E-state index is 5.83. The van der Waals surface area contributed by atoms with Gasteiger partial charge in [-0.05, 0) is 43.4 Å². The van der Waals surface area contributed by atoms with Crippen molar-refractivity contribution in [2.75, 3.05) is 18.1 Å². The summed E-state index contributed by atoms with van der Waals surface area (Å²) in [6.45, 7) is 7.06. The molecular weight excluding hydrogens is 357 g/mol. The molecule has 0 aromatic heterocycles. The third-order valence-electron chi connectivity index (χ3n) is 2.70. The Morgan fingerprint density at radius 3 is 2.61 bits per heavy atom. The van der Waals surface area contributed by atoms with Gasteiger partial charge in [0.1, 0.15) is 0 Å². The van der Waals surface area contributed by atoms with Crippen LogP contribution in [0.4, 0.5) is 5.69 Å². The van der Waals surface area contributed by atoms with Crippen molar-refractivity contribution in [3.05, 3.63) is 29.3 Å². The van der Waals surface area contributed by atoms with E-state index >= 15 is 0 Å². The quantitative estimate of drug-likeness (QED) is 0.479. The lowest BCUT2D eigenvalue weighted by atomic mass is 10.1. The van der Waals surface area contributed by atoms with Crippen molar-refractivity contribution in [1.29, 1.82) is 0 Å². The Morgan fingerprint density at radius 2 is 2.06 bits per heavy atom. The molecule has 0 heterocycles. The number of aryl methyl sites for hydroxylation is 2. The van der Waals surface area contributed by atoms with Crippen molar-refractivity contribution < 1.29 is 0 Å². The molecule has 0 radical (unpaired) electrons. The van der Waals surface area contributed by atoms with Gasteiger partial charge >= 0.3 is 0 Å². The van der Waals surface area contributed by atoms with Gasteiger partial charge in [-0.15, -0.1) is 24.0 Å². The largest absolute Gasteiger partial charge is 0.370 e. The first-order valence-corrected chi connectivity index (χ1v) is 6.98. The number of hydrogen-bond acceptors (Lipinski definition) is 2. The summed E-state index contributed by atoms with van der Waals surface area (Å²) in [4.78, 5) is 4.30. The summed E-state index contributed by atoms with van der Waals surface area (Å²) in [5, 5.41) is 3.60. The molecule has 3 nitrogen and oxygen atoms in total. The fourth-order valence-corrected chi connectivity index (χ4v) is 1.53. The zero-order chi connectivity index (χ0) is 12.8. The number of nitrogens with zero attached hydrogens (tertiary/aromatic N) is 1. The second-order valence-corrected chi connectivity index (χ2v) is 5.47. The van der Waals surface area contributed by atoms with Crippen molar-refractivity contribution in [3.63, 3.8) is 0 Å². The normalized spacial score (nSPS) is 12.8. The molecule has 0 saturated carbocycles. The van der Waals surface area contributed by atoms with Gasteiger partial charge in [-0.25, -0.2) is 0 Å². The van der Waals surface area contributed by atoms with Crippen LogP contribution in [-0.2, 0) is 0 Å². The van der Waals surface area contributed by atoms with Crippen LogP contribution < -0.4 is 11.1 Å². The summed E-state index contributed by atoms with van der Waals surface area (Å²) in [5.41, 5.74) is 9.35. The van der Waals surface area contributed by atoms with Gasteiger partial charge in [0.2, 0.25) is 0 Å². The number of anilines is 1. The van der Waals surface area contributed by atoms with Crippen LogP contribution in [0.1, 0.15) is 18.1 Å². The van der Waals surface area contributed by atoms with Crippen molar-refractivity contribution in [1.82, 2.24) is 0 Å². The Hall–Kier alpha value is -0.430. The topological polar surface area (TPSA) is 50.4 Å². The van der Waals surface area contributed by atoms with Crippen molar-refractivity contribution >= 4 is 47.4 Å². The molecule has 0 aliphatic rings. The number of rotatable bonds is 4. The number of guanidine groups is 1. The van der Waals surface area contributed by atoms with E-state index in [9.17, 15) is 0 Å². The van der Waals surface area contributed by atoms with E-state index < -0.39 is 0 Å². The average molecular weight is 379 g/mol. The summed E-state index contributed by atoms with van der Waals surface area (Å²) in [6, 6.07) is 6.17. The van der Waals surface area contributed by atoms with Gasteiger partial charge in [0.05, 0.1) is 6.54 Å². The van der Waals surface area contributed by atoms with Crippen molar-refractivity contribution in [2.45, 2.75) is 26.0 Å². The van der Waals surface area contributed by atoms with Crippen LogP contribution in [0.25, 0.3) is 0 Å². The molecule has 1 rings (SSSR count). The molecule has 102 valence electrons. The molecule has 0 bridgehead atoms. The smallest absolute Gasteiger partial charge is 0.193 e. The highest BCUT2D eigenvalue weighted by Crippen LogP contribution is 2.13. The third-order valence-corrected chi connectivity index (χ3v) is 3.65.